The number of halogens is 1. The number of rotatable bonds is 3. The largest absolute Gasteiger partial charge is 0.528 e. The van der Waals surface area contributed by atoms with Crippen LogP contribution in [0.3, 0.4) is 0 Å². The van der Waals surface area contributed by atoms with Gasteiger partial charge in [-0.25, -0.2) is 9.68 Å². The van der Waals surface area contributed by atoms with Crippen LogP contribution in [-0.2, 0) is 14.7 Å². The Kier molecular flexibility index (Phi) is 4.04. The van der Waals surface area contributed by atoms with Gasteiger partial charge in [-0.1, -0.05) is 4.99 Å². The molecule has 0 atom stereocenters. The lowest BCUT2D eigenvalue weighted by atomic mass is 11.5. The van der Waals surface area contributed by atoms with Crippen LogP contribution in [0.4, 0.5) is 9.18 Å². The maximum absolute atomic E-state index is 10.9. The van der Waals surface area contributed by atoms with Crippen molar-refractivity contribution in [1.29, 1.82) is 0 Å². The van der Waals surface area contributed by atoms with Gasteiger partial charge in [0.05, 0.1) is 7.11 Å². The number of hydrogen-bond acceptors (Lipinski definition) is 5. The molecular formula is C2H4FNO4. The van der Waals surface area contributed by atoms with Crippen LogP contribution in [0, 0.1) is 0 Å². The first-order chi connectivity index (χ1) is 3.77. The zero-order valence-corrected chi connectivity index (χ0v) is 4.01. The summed E-state index contributed by atoms with van der Waals surface area (Å²) >= 11 is 0. The van der Waals surface area contributed by atoms with Crippen molar-refractivity contribution in [2.45, 2.75) is 0 Å². The average Bonchev–Trinajstić information content (AvgIpc) is 1.66. The smallest absolute Gasteiger partial charge is 0.277 e. The Morgan fingerprint density at radius 1 is 1.75 bits per heavy atom. The van der Waals surface area contributed by atoms with E-state index in [0.29, 0.717) is 0 Å². The van der Waals surface area contributed by atoms with Crippen molar-refractivity contribution in [1.82, 2.24) is 5.64 Å². The minimum Gasteiger partial charge on any atom is -0.277 e. The predicted octanol–water partition coefficient (Wildman–Crippen LogP) is 0.0901. The molecule has 0 unspecified atom stereocenters. The lowest BCUT2D eigenvalue weighted by Crippen LogP contribution is -2.13. The summed E-state index contributed by atoms with van der Waals surface area (Å²) in [5.74, 6) is 0. The molecule has 0 rings (SSSR count). The Hall–Kier alpha value is -0.720. The number of hydrogen-bond donors (Lipinski definition) is 1. The molecule has 5 nitrogen and oxygen atoms in total. The highest BCUT2D eigenvalue weighted by Crippen LogP contribution is 1.78. The minimum atomic E-state index is -2.05. The Bertz CT molecular complexity index is 76.4. The van der Waals surface area contributed by atoms with Gasteiger partial charge in [-0.2, -0.15) is 0 Å². The predicted molar refractivity (Wildman–Crippen MR) is 18.8 cm³/mol. The summed E-state index contributed by atoms with van der Waals surface area (Å²) in [6, 6.07) is 0. The fourth-order valence-electron chi connectivity index (χ4n) is 0.0838. The van der Waals surface area contributed by atoms with Crippen LogP contribution in [0.5, 0.6) is 0 Å². The van der Waals surface area contributed by atoms with Gasteiger partial charge in [-0.15, -0.1) is 4.39 Å². The van der Waals surface area contributed by atoms with E-state index in [2.05, 4.69) is 14.7 Å². The summed E-state index contributed by atoms with van der Waals surface area (Å²) < 4.78 is 10.9. The van der Waals surface area contributed by atoms with Gasteiger partial charge in [0.25, 0.3) is 0 Å². The van der Waals surface area contributed by atoms with E-state index in [0.717, 1.165) is 0 Å². The standard InChI is InChI=1S/C2H4FNO4/c1-6-4-8-7-2(3)5/h4H,1H3. The molecule has 1 N–H and O–H groups in total. The quantitative estimate of drug-likeness (QED) is 0.250. The highest BCUT2D eigenvalue weighted by molar-refractivity contribution is 5.56. The number of carbonyl (C=O) groups is 1. The Morgan fingerprint density at radius 2 is 2.38 bits per heavy atom. The molecule has 0 aliphatic heterocycles. The Labute approximate surface area is 44.2 Å². The molecule has 6 heteroatoms. The molecule has 0 amide bonds. The summed E-state index contributed by atoms with van der Waals surface area (Å²) in [4.78, 5) is 20.0. The second-order valence-electron chi connectivity index (χ2n) is 0.692. The summed E-state index contributed by atoms with van der Waals surface area (Å²) in [5, 5.41) is 0. The van der Waals surface area contributed by atoms with Gasteiger partial charge >= 0.3 is 6.22 Å². The van der Waals surface area contributed by atoms with Crippen LogP contribution in [0.25, 0.3) is 0 Å². The topological polar surface area (TPSA) is 56.8 Å². The van der Waals surface area contributed by atoms with E-state index in [1.165, 1.54) is 7.11 Å². The fourth-order valence-corrected chi connectivity index (χ4v) is 0.0838. The molecular weight excluding hydrogens is 121 g/mol. The van der Waals surface area contributed by atoms with Crippen molar-refractivity contribution < 1.29 is 23.9 Å². The number of nitrogens with one attached hydrogen (secondary N) is 1. The van der Waals surface area contributed by atoms with Crippen molar-refractivity contribution in [2.24, 2.45) is 0 Å². The van der Waals surface area contributed by atoms with Gasteiger partial charge in [-0.3, -0.25) is 4.84 Å². The van der Waals surface area contributed by atoms with E-state index in [-0.39, 0.29) is 0 Å². The van der Waals surface area contributed by atoms with Crippen LogP contribution >= 0.6 is 0 Å². The molecule has 0 radical (unpaired) electrons. The molecule has 0 aliphatic rings. The normalized spacial score (nSPS) is 8.75. The summed E-state index contributed by atoms with van der Waals surface area (Å²) in [5.41, 5.74) is 1.60. The van der Waals surface area contributed by atoms with Crippen LogP contribution in [0.15, 0.2) is 0 Å². The summed E-state index contributed by atoms with van der Waals surface area (Å²) in [6.45, 7) is 0. The zero-order valence-electron chi connectivity index (χ0n) is 4.01. The van der Waals surface area contributed by atoms with E-state index in [1.807, 2.05) is 0 Å². The molecule has 0 spiro atoms. The Morgan fingerprint density at radius 3 is 2.75 bits per heavy atom. The molecule has 48 valence electrons. The molecule has 0 saturated carbocycles. The third kappa shape index (κ3) is 5.28. The SMILES string of the molecule is CONOOC(=O)F. The highest BCUT2D eigenvalue weighted by atomic mass is 19.1. The molecule has 0 aromatic heterocycles. The van der Waals surface area contributed by atoms with Crippen LogP contribution < -0.4 is 5.64 Å². The lowest BCUT2D eigenvalue weighted by molar-refractivity contribution is -0.359. The van der Waals surface area contributed by atoms with Crippen molar-refractivity contribution in [3.05, 3.63) is 0 Å². The third-order valence-electron chi connectivity index (χ3n) is 0.225. The Balaban J connectivity index is 2.82. The van der Waals surface area contributed by atoms with E-state index < -0.39 is 6.22 Å². The maximum Gasteiger partial charge on any atom is 0.528 e. The molecule has 0 bridgehead atoms. The van der Waals surface area contributed by atoms with E-state index in [4.69, 9.17) is 0 Å². The fraction of sp³-hybridized carbons (Fsp3) is 0.500. The van der Waals surface area contributed by atoms with Crippen molar-refractivity contribution >= 4 is 6.22 Å². The van der Waals surface area contributed by atoms with Crippen LogP contribution in [-0.4, -0.2) is 13.3 Å². The van der Waals surface area contributed by atoms with Crippen molar-refractivity contribution in [3.8, 4) is 0 Å². The molecule has 0 aliphatic carbocycles. The van der Waals surface area contributed by atoms with Crippen LogP contribution in [0.1, 0.15) is 0 Å². The van der Waals surface area contributed by atoms with Crippen molar-refractivity contribution in [3.63, 3.8) is 0 Å². The van der Waals surface area contributed by atoms with Gasteiger partial charge in [0.2, 0.25) is 0 Å². The van der Waals surface area contributed by atoms with Crippen LogP contribution in [0.2, 0.25) is 0 Å². The lowest BCUT2D eigenvalue weighted by Gasteiger charge is -1.94. The first kappa shape index (κ1) is 7.28. The van der Waals surface area contributed by atoms with Gasteiger partial charge in [-0.05, 0) is 5.64 Å². The molecule has 8 heavy (non-hydrogen) atoms. The average molecular weight is 125 g/mol. The minimum absolute atomic E-state index is 1.20. The van der Waals surface area contributed by atoms with E-state index in [1.54, 1.807) is 5.64 Å². The number of carbonyl (C=O) groups excluding carboxylic acids is 1. The monoisotopic (exact) mass is 125 g/mol. The molecule has 0 saturated heterocycles. The van der Waals surface area contributed by atoms with Gasteiger partial charge in [0, 0.05) is 0 Å². The molecule has 0 aromatic rings. The molecule has 0 aromatic carbocycles. The summed E-state index contributed by atoms with van der Waals surface area (Å²) in [7, 11) is 1.20. The third-order valence-corrected chi connectivity index (χ3v) is 0.225. The second kappa shape index (κ2) is 4.44. The van der Waals surface area contributed by atoms with Gasteiger partial charge in [0.15, 0.2) is 0 Å². The van der Waals surface area contributed by atoms with Gasteiger partial charge < -0.3 is 0 Å². The molecule has 0 fully saturated rings. The highest BCUT2D eigenvalue weighted by Gasteiger charge is 1.95. The first-order valence-electron chi connectivity index (χ1n) is 1.58. The van der Waals surface area contributed by atoms with Crippen molar-refractivity contribution in [2.75, 3.05) is 7.11 Å². The second-order valence-corrected chi connectivity index (χ2v) is 0.692. The molecule has 0 heterocycles. The summed E-state index contributed by atoms with van der Waals surface area (Å²) in [6.07, 6.45) is -2.05. The van der Waals surface area contributed by atoms with E-state index in [9.17, 15) is 9.18 Å². The first-order valence-corrected chi connectivity index (χ1v) is 1.58. The zero-order chi connectivity index (χ0) is 6.41. The maximum atomic E-state index is 10.9. The van der Waals surface area contributed by atoms with E-state index >= 15 is 0 Å². The van der Waals surface area contributed by atoms with Gasteiger partial charge in [0.1, 0.15) is 0 Å².